The summed E-state index contributed by atoms with van der Waals surface area (Å²) < 4.78 is 13.4. The van der Waals surface area contributed by atoms with Crippen LogP contribution in [-0.2, 0) is 0 Å². The van der Waals surface area contributed by atoms with Crippen molar-refractivity contribution < 1.29 is 9.18 Å². The largest absolute Gasteiger partial charge is 0.332 e. The lowest BCUT2D eigenvalue weighted by atomic mass is 10.00. The van der Waals surface area contributed by atoms with Crippen molar-refractivity contribution in [2.45, 2.75) is 43.9 Å². The summed E-state index contributed by atoms with van der Waals surface area (Å²) in [5, 5.41) is 0. The number of alkyl halides is 1. The van der Waals surface area contributed by atoms with Crippen molar-refractivity contribution >= 4 is 5.91 Å². The van der Waals surface area contributed by atoms with Crippen molar-refractivity contribution in [1.29, 1.82) is 0 Å². The zero-order valence-electron chi connectivity index (χ0n) is 9.55. The molecule has 0 aliphatic carbocycles. The predicted molar refractivity (Wildman–Crippen MR) is 61.3 cm³/mol. The minimum absolute atomic E-state index is 0.0341. The van der Waals surface area contributed by atoms with Crippen molar-refractivity contribution in [3.05, 3.63) is 30.1 Å². The van der Waals surface area contributed by atoms with Crippen LogP contribution in [0.1, 0.15) is 36.0 Å². The van der Waals surface area contributed by atoms with E-state index in [1.165, 1.54) is 0 Å². The number of fused-ring (bicyclic) bond motifs is 2. The predicted octanol–water partition coefficient (Wildman–Crippen LogP) is 2.19. The molecule has 1 amide bonds. The molecule has 0 N–H and O–H groups in total. The quantitative estimate of drug-likeness (QED) is 0.746. The van der Waals surface area contributed by atoms with Crippen LogP contribution in [0.15, 0.2) is 24.5 Å². The summed E-state index contributed by atoms with van der Waals surface area (Å²) in [6.07, 6.45) is 5.42. The molecule has 2 aliphatic heterocycles. The number of hydrogen-bond donors (Lipinski definition) is 0. The summed E-state index contributed by atoms with van der Waals surface area (Å²) in [5.41, 5.74) is 0.661. The molecule has 2 bridgehead atoms. The molecule has 2 unspecified atom stereocenters. The molecule has 2 aliphatic rings. The first-order valence-electron chi connectivity index (χ1n) is 6.12. The number of piperidine rings is 1. The summed E-state index contributed by atoms with van der Waals surface area (Å²) in [6.45, 7) is 0. The highest BCUT2D eigenvalue weighted by molar-refractivity contribution is 5.94. The van der Waals surface area contributed by atoms with E-state index in [0.717, 1.165) is 12.8 Å². The van der Waals surface area contributed by atoms with E-state index in [2.05, 4.69) is 4.98 Å². The first-order chi connectivity index (χ1) is 8.25. The SMILES string of the molecule is O=C(c1ccncc1)N1C2CCC1CC(F)C2. The Morgan fingerprint density at radius 1 is 1.24 bits per heavy atom. The molecule has 0 spiro atoms. The van der Waals surface area contributed by atoms with Crippen molar-refractivity contribution in [2.24, 2.45) is 0 Å². The van der Waals surface area contributed by atoms with E-state index >= 15 is 0 Å². The maximum Gasteiger partial charge on any atom is 0.254 e. The lowest BCUT2D eigenvalue weighted by molar-refractivity contribution is 0.0479. The Morgan fingerprint density at radius 2 is 1.82 bits per heavy atom. The molecule has 1 aromatic rings. The summed E-state index contributed by atoms with van der Waals surface area (Å²) >= 11 is 0. The Kier molecular flexibility index (Phi) is 2.57. The van der Waals surface area contributed by atoms with Crippen molar-refractivity contribution in [1.82, 2.24) is 9.88 Å². The van der Waals surface area contributed by atoms with E-state index < -0.39 is 6.17 Å². The molecule has 3 rings (SSSR count). The minimum Gasteiger partial charge on any atom is -0.332 e. The molecule has 0 radical (unpaired) electrons. The molecule has 3 heterocycles. The lowest BCUT2D eigenvalue weighted by Crippen LogP contribution is -2.47. The molecule has 90 valence electrons. The second-order valence-corrected chi connectivity index (χ2v) is 4.90. The topological polar surface area (TPSA) is 33.2 Å². The fourth-order valence-corrected chi connectivity index (χ4v) is 3.09. The molecule has 0 aromatic carbocycles. The number of hydrogen-bond acceptors (Lipinski definition) is 2. The van der Waals surface area contributed by atoms with Crippen LogP contribution in [0, 0.1) is 0 Å². The number of carbonyl (C=O) groups is 1. The highest BCUT2D eigenvalue weighted by atomic mass is 19.1. The van der Waals surface area contributed by atoms with Crippen LogP contribution in [0.25, 0.3) is 0 Å². The maximum atomic E-state index is 13.4. The van der Waals surface area contributed by atoms with Crippen LogP contribution in [0.5, 0.6) is 0 Å². The van der Waals surface area contributed by atoms with Gasteiger partial charge in [-0.05, 0) is 37.8 Å². The van der Waals surface area contributed by atoms with Gasteiger partial charge in [0.15, 0.2) is 0 Å². The van der Waals surface area contributed by atoms with Crippen molar-refractivity contribution in [2.75, 3.05) is 0 Å². The van der Waals surface area contributed by atoms with Crippen LogP contribution in [0.3, 0.4) is 0 Å². The van der Waals surface area contributed by atoms with Gasteiger partial charge in [0.1, 0.15) is 6.17 Å². The Labute approximate surface area is 99.6 Å². The third-order valence-electron chi connectivity index (χ3n) is 3.84. The molecule has 2 atom stereocenters. The number of aromatic nitrogens is 1. The molecule has 2 fully saturated rings. The van der Waals surface area contributed by atoms with Crippen LogP contribution < -0.4 is 0 Å². The van der Waals surface area contributed by atoms with Gasteiger partial charge in [0.25, 0.3) is 5.91 Å². The Hall–Kier alpha value is -1.45. The zero-order chi connectivity index (χ0) is 11.8. The minimum atomic E-state index is -0.728. The Balaban J connectivity index is 1.84. The Bertz CT molecular complexity index is 409. The van der Waals surface area contributed by atoms with Gasteiger partial charge in [0.05, 0.1) is 0 Å². The molecule has 1 aromatic heterocycles. The summed E-state index contributed by atoms with van der Waals surface area (Å²) in [6, 6.07) is 3.65. The molecule has 17 heavy (non-hydrogen) atoms. The molecule has 0 saturated carbocycles. The maximum absolute atomic E-state index is 13.4. The molecule has 4 heteroatoms. The number of rotatable bonds is 1. The van der Waals surface area contributed by atoms with Crippen LogP contribution >= 0.6 is 0 Å². The van der Waals surface area contributed by atoms with Gasteiger partial charge in [0.2, 0.25) is 0 Å². The van der Waals surface area contributed by atoms with Crippen LogP contribution in [-0.4, -0.2) is 34.0 Å². The Morgan fingerprint density at radius 3 is 2.41 bits per heavy atom. The first-order valence-corrected chi connectivity index (χ1v) is 6.12. The average Bonchev–Trinajstić information content (AvgIpc) is 2.62. The van der Waals surface area contributed by atoms with E-state index in [4.69, 9.17) is 0 Å². The fraction of sp³-hybridized carbons (Fsp3) is 0.538. The van der Waals surface area contributed by atoms with E-state index in [-0.39, 0.29) is 18.0 Å². The van der Waals surface area contributed by atoms with Gasteiger partial charge in [-0.25, -0.2) is 4.39 Å². The third kappa shape index (κ3) is 1.81. The number of amides is 1. The standard InChI is InChI=1S/C13H15FN2O/c14-10-7-11-1-2-12(8-10)16(11)13(17)9-3-5-15-6-4-9/h3-6,10-12H,1-2,7-8H2. The summed E-state index contributed by atoms with van der Waals surface area (Å²) in [7, 11) is 0. The van der Waals surface area contributed by atoms with Crippen LogP contribution in [0.4, 0.5) is 4.39 Å². The fourth-order valence-electron chi connectivity index (χ4n) is 3.09. The molecule has 3 nitrogen and oxygen atoms in total. The van der Waals surface area contributed by atoms with Gasteiger partial charge >= 0.3 is 0 Å². The number of pyridine rings is 1. The molecular weight excluding hydrogens is 219 g/mol. The lowest BCUT2D eigenvalue weighted by Gasteiger charge is -2.36. The first kappa shape index (κ1) is 10.7. The second-order valence-electron chi connectivity index (χ2n) is 4.90. The second kappa shape index (κ2) is 4.09. The van der Waals surface area contributed by atoms with Gasteiger partial charge in [0, 0.05) is 30.0 Å². The van der Waals surface area contributed by atoms with Gasteiger partial charge in [-0.2, -0.15) is 0 Å². The van der Waals surface area contributed by atoms with E-state index in [1.54, 1.807) is 24.5 Å². The monoisotopic (exact) mass is 234 g/mol. The third-order valence-corrected chi connectivity index (χ3v) is 3.84. The zero-order valence-corrected chi connectivity index (χ0v) is 9.55. The van der Waals surface area contributed by atoms with E-state index in [9.17, 15) is 9.18 Å². The van der Waals surface area contributed by atoms with Crippen molar-refractivity contribution in [3.8, 4) is 0 Å². The highest BCUT2D eigenvalue weighted by Gasteiger charge is 2.43. The van der Waals surface area contributed by atoms with Gasteiger partial charge < -0.3 is 4.90 Å². The van der Waals surface area contributed by atoms with Gasteiger partial charge in [-0.15, -0.1) is 0 Å². The van der Waals surface area contributed by atoms with E-state index in [1.807, 2.05) is 4.90 Å². The normalized spacial score (nSPS) is 31.6. The average molecular weight is 234 g/mol. The number of nitrogens with zero attached hydrogens (tertiary/aromatic N) is 2. The van der Waals surface area contributed by atoms with Crippen LogP contribution in [0.2, 0.25) is 0 Å². The summed E-state index contributed by atoms with van der Waals surface area (Å²) in [4.78, 5) is 18.1. The number of halogens is 1. The van der Waals surface area contributed by atoms with Gasteiger partial charge in [-0.1, -0.05) is 0 Å². The van der Waals surface area contributed by atoms with Gasteiger partial charge in [-0.3, -0.25) is 9.78 Å². The van der Waals surface area contributed by atoms with Crippen molar-refractivity contribution in [3.63, 3.8) is 0 Å². The molecular formula is C13H15FN2O. The molecule has 2 saturated heterocycles. The van der Waals surface area contributed by atoms with E-state index in [0.29, 0.717) is 18.4 Å². The highest BCUT2D eigenvalue weighted by Crippen LogP contribution is 2.37. The number of carbonyl (C=O) groups excluding carboxylic acids is 1. The smallest absolute Gasteiger partial charge is 0.254 e. The summed E-state index contributed by atoms with van der Waals surface area (Å²) in [5.74, 6) is 0.0341.